The van der Waals surface area contributed by atoms with Gasteiger partial charge in [0.25, 0.3) is 0 Å². The highest BCUT2D eigenvalue weighted by Gasteiger charge is 2.31. The predicted octanol–water partition coefficient (Wildman–Crippen LogP) is 4.23. The Bertz CT molecular complexity index is 1740. The van der Waals surface area contributed by atoms with Crippen LogP contribution in [0.2, 0.25) is 0 Å². The first-order valence-corrected chi connectivity index (χ1v) is 17.1. The van der Waals surface area contributed by atoms with E-state index in [9.17, 15) is 26.9 Å². The third-order valence-electron chi connectivity index (χ3n) is 8.48. The summed E-state index contributed by atoms with van der Waals surface area (Å²) in [6.45, 7) is 6.48. The zero-order valence-electron chi connectivity index (χ0n) is 26.2. The van der Waals surface area contributed by atoms with Gasteiger partial charge in [-0.2, -0.15) is 22.7 Å². The summed E-state index contributed by atoms with van der Waals surface area (Å²) in [6.07, 6.45) is 0.109. The molecule has 46 heavy (non-hydrogen) atoms. The van der Waals surface area contributed by atoms with Crippen LogP contribution >= 0.6 is 0 Å². The topological polar surface area (TPSA) is 110 Å². The first-order valence-electron chi connectivity index (χ1n) is 15.2. The van der Waals surface area contributed by atoms with Crippen molar-refractivity contribution in [3.63, 3.8) is 0 Å². The Morgan fingerprint density at radius 1 is 1.02 bits per heavy atom. The highest BCUT2D eigenvalue weighted by Crippen LogP contribution is 2.31. The zero-order valence-corrected chi connectivity index (χ0v) is 27.0. The number of rotatable bonds is 8. The lowest BCUT2D eigenvalue weighted by Gasteiger charge is -2.43. The second-order valence-corrected chi connectivity index (χ2v) is 14.3. The van der Waals surface area contributed by atoms with Crippen LogP contribution in [0.1, 0.15) is 38.1 Å². The van der Waals surface area contributed by atoms with Gasteiger partial charge in [-0.25, -0.2) is 18.4 Å². The van der Waals surface area contributed by atoms with E-state index < -0.39 is 28.2 Å². The Balaban J connectivity index is 1.25. The minimum absolute atomic E-state index is 0.141. The molecule has 0 aliphatic carbocycles. The van der Waals surface area contributed by atoms with Crippen molar-refractivity contribution in [3.8, 4) is 17.9 Å². The Morgan fingerprint density at radius 2 is 1.72 bits per heavy atom. The minimum atomic E-state index is -4.42. The molecule has 10 nitrogen and oxygen atoms in total. The number of anilines is 2. The van der Waals surface area contributed by atoms with Gasteiger partial charge in [0.1, 0.15) is 6.54 Å². The molecular weight excluding hydrogens is 617 g/mol. The molecule has 3 aromatic rings. The number of nitriles is 1. The number of hydrogen-bond donors (Lipinski definition) is 2. The average molecular weight is 657 g/mol. The fraction of sp³-hybridized carbons (Fsp3) is 0.500. The van der Waals surface area contributed by atoms with Gasteiger partial charge in [-0.15, -0.1) is 0 Å². The Hall–Kier alpha value is -3.82. The molecule has 0 radical (unpaired) electrons. The van der Waals surface area contributed by atoms with Crippen LogP contribution in [0.3, 0.4) is 0 Å². The normalized spacial score (nSPS) is 17.8. The van der Waals surface area contributed by atoms with Gasteiger partial charge in [-0.3, -0.25) is 4.98 Å². The monoisotopic (exact) mass is 656 g/mol. The maximum Gasteiger partial charge on any atom is 0.406 e. The highest BCUT2D eigenvalue weighted by atomic mass is 32.2. The van der Waals surface area contributed by atoms with E-state index in [4.69, 9.17) is 0 Å². The number of sulfonamides is 1. The number of benzene rings is 1. The molecule has 0 saturated carbocycles. The molecule has 2 saturated heterocycles. The quantitative estimate of drug-likeness (QED) is 0.347. The number of aromatic nitrogens is 2. The Kier molecular flexibility index (Phi) is 9.84. The van der Waals surface area contributed by atoms with Crippen molar-refractivity contribution >= 4 is 32.3 Å². The van der Waals surface area contributed by atoms with Crippen molar-refractivity contribution in [1.82, 2.24) is 23.9 Å². The van der Waals surface area contributed by atoms with Crippen LogP contribution in [0.5, 0.6) is 0 Å². The summed E-state index contributed by atoms with van der Waals surface area (Å²) in [5.74, 6) is 5.88. The lowest BCUT2D eigenvalue weighted by Crippen LogP contribution is -2.57. The number of halogens is 3. The maximum absolute atomic E-state index is 13.7. The molecule has 2 aliphatic rings. The summed E-state index contributed by atoms with van der Waals surface area (Å²) in [5, 5.41) is 21.2. The average Bonchev–Trinajstić information content (AvgIpc) is 3.36. The number of hydrogen-bond acceptors (Lipinski definition) is 8. The van der Waals surface area contributed by atoms with Crippen molar-refractivity contribution in [2.45, 2.75) is 50.9 Å². The molecular formula is C32H39F3N8O2S. The smallest absolute Gasteiger partial charge is 0.382 e. The minimum Gasteiger partial charge on any atom is -0.382 e. The van der Waals surface area contributed by atoms with E-state index in [2.05, 4.69) is 43.5 Å². The number of pyridine rings is 1. The van der Waals surface area contributed by atoms with E-state index in [1.165, 1.54) is 15.1 Å². The molecule has 246 valence electrons. The highest BCUT2D eigenvalue weighted by molar-refractivity contribution is 7.88. The molecule has 2 N–H and O–H groups in total. The standard InChI is InChI=1S/C32H39F3N8O2S/c1-31(2,22-36)30-10-9-25(21-38-30)37-13-5-6-26-20-27-28(7-4-8-29(27)43(26)23-32(33,34)35)39-24-11-14-40(15-12-24)41-16-18-42(19-17-41)46(3,44)45/h4,7-10,20-21,24,37,39H,11-19,23H2,1-3H3. The molecule has 2 aliphatic heterocycles. The fourth-order valence-electron chi connectivity index (χ4n) is 5.87. The van der Waals surface area contributed by atoms with Crippen molar-refractivity contribution < 1.29 is 21.6 Å². The lowest BCUT2D eigenvalue weighted by atomic mass is 9.91. The number of piperazine rings is 1. The van der Waals surface area contributed by atoms with Crippen LogP contribution in [0, 0.1) is 23.2 Å². The largest absolute Gasteiger partial charge is 0.406 e. The zero-order chi connectivity index (χ0) is 33.1. The third-order valence-corrected chi connectivity index (χ3v) is 9.78. The molecule has 0 amide bonds. The van der Waals surface area contributed by atoms with Gasteiger partial charge < -0.3 is 15.2 Å². The summed E-state index contributed by atoms with van der Waals surface area (Å²) < 4.78 is 67.4. The first-order chi connectivity index (χ1) is 21.7. The van der Waals surface area contributed by atoms with E-state index in [1.54, 1.807) is 50.4 Å². The van der Waals surface area contributed by atoms with Crippen molar-refractivity contribution in [2.75, 3.05) is 62.7 Å². The number of alkyl halides is 3. The molecule has 0 spiro atoms. The molecule has 5 rings (SSSR count). The van der Waals surface area contributed by atoms with Gasteiger partial charge >= 0.3 is 6.18 Å². The third kappa shape index (κ3) is 8.12. The lowest BCUT2D eigenvalue weighted by molar-refractivity contribution is -0.140. The van der Waals surface area contributed by atoms with E-state index >= 15 is 0 Å². The van der Waals surface area contributed by atoms with Crippen molar-refractivity contribution in [3.05, 3.63) is 54.0 Å². The maximum atomic E-state index is 13.7. The summed E-state index contributed by atoms with van der Waals surface area (Å²) in [7, 11) is -3.19. The van der Waals surface area contributed by atoms with Gasteiger partial charge in [-0.1, -0.05) is 12.0 Å². The van der Waals surface area contributed by atoms with Crippen molar-refractivity contribution in [2.24, 2.45) is 0 Å². The SMILES string of the molecule is CC(C)(C#N)c1ccc(NCC#Cc2cc3c(NC4CCN(N5CCN(S(C)(=O)=O)CC5)CC4)cccc3n2CC(F)(F)F)cn1. The van der Waals surface area contributed by atoms with E-state index in [0.717, 1.165) is 31.6 Å². The number of piperidine rings is 1. The molecule has 4 heterocycles. The van der Waals surface area contributed by atoms with Gasteiger partial charge in [0.05, 0.1) is 53.1 Å². The second-order valence-electron chi connectivity index (χ2n) is 12.3. The van der Waals surface area contributed by atoms with Gasteiger partial charge in [0, 0.05) is 56.4 Å². The van der Waals surface area contributed by atoms with Crippen LogP contribution in [-0.2, 0) is 22.0 Å². The van der Waals surface area contributed by atoms with Gasteiger partial charge in [-0.05, 0) is 62.9 Å². The molecule has 1 aromatic carbocycles. The van der Waals surface area contributed by atoms with Crippen LogP contribution in [0.4, 0.5) is 24.5 Å². The number of hydrazine groups is 1. The molecule has 2 fully saturated rings. The van der Waals surface area contributed by atoms with Crippen LogP contribution in [-0.4, -0.2) is 96.6 Å². The van der Waals surface area contributed by atoms with E-state index in [0.29, 0.717) is 48.5 Å². The van der Waals surface area contributed by atoms with Crippen LogP contribution in [0.25, 0.3) is 10.9 Å². The summed E-state index contributed by atoms with van der Waals surface area (Å²) in [5.41, 5.74) is 2.12. The van der Waals surface area contributed by atoms with E-state index in [1.807, 2.05) is 6.07 Å². The Morgan fingerprint density at radius 3 is 2.33 bits per heavy atom. The number of nitrogens with one attached hydrogen (secondary N) is 2. The first kappa shape index (κ1) is 33.5. The predicted molar refractivity (Wildman–Crippen MR) is 172 cm³/mol. The molecule has 0 atom stereocenters. The fourth-order valence-corrected chi connectivity index (χ4v) is 6.70. The summed E-state index contributed by atoms with van der Waals surface area (Å²) >= 11 is 0. The van der Waals surface area contributed by atoms with Gasteiger partial charge in [0.2, 0.25) is 10.0 Å². The molecule has 0 unspecified atom stereocenters. The van der Waals surface area contributed by atoms with Crippen LogP contribution < -0.4 is 10.6 Å². The van der Waals surface area contributed by atoms with Crippen molar-refractivity contribution in [1.29, 1.82) is 5.26 Å². The summed E-state index contributed by atoms with van der Waals surface area (Å²) in [6, 6.07) is 13.0. The van der Waals surface area contributed by atoms with E-state index in [-0.39, 0.29) is 18.3 Å². The molecule has 2 aromatic heterocycles. The van der Waals surface area contributed by atoms with Crippen LogP contribution in [0.15, 0.2) is 42.6 Å². The second kappa shape index (κ2) is 13.5. The van der Waals surface area contributed by atoms with Gasteiger partial charge in [0.15, 0.2) is 0 Å². The summed E-state index contributed by atoms with van der Waals surface area (Å²) in [4.78, 5) is 4.34. The Labute approximate surface area is 268 Å². The molecule has 0 bridgehead atoms. The molecule has 14 heteroatoms. The number of fused-ring (bicyclic) bond motifs is 1. The number of nitrogens with zero attached hydrogens (tertiary/aromatic N) is 6.